The standard InChI is InChI=1S/C17H27N3O2/c1-14(11-19(2)12-15-7-4-3-5-8-15)18-17(22)20-10-6-9-16(21)13-20/h3-5,7-8,14,16,21H,6,9-13H2,1-2H3,(H,18,22)/t14-,16+/m0/s1. The highest BCUT2D eigenvalue weighted by Crippen LogP contribution is 2.10. The van der Waals surface area contributed by atoms with E-state index in [-0.39, 0.29) is 18.2 Å². The van der Waals surface area contributed by atoms with Crippen molar-refractivity contribution in [3.8, 4) is 0 Å². The molecule has 2 rings (SSSR count). The van der Waals surface area contributed by atoms with Gasteiger partial charge in [0.15, 0.2) is 0 Å². The van der Waals surface area contributed by atoms with Gasteiger partial charge in [-0.05, 0) is 32.4 Å². The third-order valence-corrected chi connectivity index (χ3v) is 3.93. The van der Waals surface area contributed by atoms with Gasteiger partial charge in [-0.1, -0.05) is 30.3 Å². The van der Waals surface area contributed by atoms with E-state index in [4.69, 9.17) is 0 Å². The van der Waals surface area contributed by atoms with Crippen LogP contribution in [0.5, 0.6) is 0 Å². The summed E-state index contributed by atoms with van der Waals surface area (Å²) in [6.07, 6.45) is 1.28. The second-order valence-electron chi connectivity index (χ2n) is 6.27. The SMILES string of the molecule is C[C@@H](CN(C)Cc1ccccc1)NC(=O)N1CCC[C@@H](O)C1. The van der Waals surface area contributed by atoms with E-state index in [0.717, 1.165) is 32.5 Å². The normalized spacial score (nSPS) is 20.0. The second-order valence-corrected chi connectivity index (χ2v) is 6.27. The van der Waals surface area contributed by atoms with Crippen molar-refractivity contribution in [2.45, 2.75) is 38.5 Å². The quantitative estimate of drug-likeness (QED) is 0.870. The van der Waals surface area contributed by atoms with Crippen molar-refractivity contribution in [1.82, 2.24) is 15.1 Å². The number of β-amino-alcohol motifs (C(OH)–C–C–N with tert-alkyl or cyclic N) is 1. The molecule has 0 unspecified atom stereocenters. The molecule has 0 bridgehead atoms. The molecule has 0 spiro atoms. The molecule has 0 aromatic heterocycles. The van der Waals surface area contributed by atoms with E-state index in [1.165, 1.54) is 5.56 Å². The van der Waals surface area contributed by atoms with Crippen LogP contribution in [0, 0.1) is 0 Å². The van der Waals surface area contributed by atoms with Crippen molar-refractivity contribution in [2.75, 3.05) is 26.7 Å². The molecule has 1 aliphatic heterocycles. The lowest BCUT2D eigenvalue weighted by atomic mass is 10.1. The van der Waals surface area contributed by atoms with Crippen LogP contribution in [0.1, 0.15) is 25.3 Å². The van der Waals surface area contributed by atoms with Crippen LogP contribution in [0.15, 0.2) is 30.3 Å². The van der Waals surface area contributed by atoms with Crippen LogP contribution in [0.4, 0.5) is 4.79 Å². The Kier molecular flexibility index (Phi) is 6.21. The van der Waals surface area contributed by atoms with E-state index < -0.39 is 0 Å². The molecule has 0 saturated carbocycles. The molecule has 22 heavy (non-hydrogen) atoms. The van der Waals surface area contributed by atoms with Gasteiger partial charge in [-0.3, -0.25) is 0 Å². The van der Waals surface area contributed by atoms with Crippen LogP contribution in [0.2, 0.25) is 0 Å². The minimum absolute atomic E-state index is 0.0697. The van der Waals surface area contributed by atoms with Crippen molar-refractivity contribution in [1.29, 1.82) is 0 Å². The number of piperidine rings is 1. The third-order valence-electron chi connectivity index (χ3n) is 3.93. The lowest BCUT2D eigenvalue weighted by molar-refractivity contribution is 0.0830. The summed E-state index contributed by atoms with van der Waals surface area (Å²) in [5.41, 5.74) is 1.27. The number of benzene rings is 1. The van der Waals surface area contributed by atoms with Crippen LogP contribution in [-0.2, 0) is 6.54 Å². The number of likely N-dealkylation sites (N-methyl/N-ethyl adjacent to an activating group) is 1. The third kappa shape index (κ3) is 5.31. The zero-order valence-corrected chi connectivity index (χ0v) is 13.5. The van der Waals surface area contributed by atoms with E-state index in [1.807, 2.05) is 25.1 Å². The van der Waals surface area contributed by atoms with Crippen molar-refractivity contribution in [2.24, 2.45) is 0 Å². The number of hydrogen-bond donors (Lipinski definition) is 2. The van der Waals surface area contributed by atoms with E-state index in [2.05, 4.69) is 29.4 Å². The largest absolute Gasteiger partial charge is 0.391 e. The zero-order chi connectivity index (χ0) is 15.9. The predicted molar refractivity (Wildman–Crippen MR) is 87.6 cm³/mol. The van der Waals surface area contributed by atoms with Gasteiger partial charge in [0.05, 0.1) is 6.10 Å². The maximum atomic E-state index is 12.2. The number of rotatable bonds is 5. The summed E-state index contributed by atoms with van der Waals surface area (Å²) in [5, 5.41) is 12.7. The van der Waals surface area contributed by atoms with Gasteiger partial charge in [0, 0.05) is 32.2 Å². The van der Waals surface area contributed by atoms with E-state index in [9.17, 15) is 9.90 Å². The first kappa shape index (κ1) is 16.8. The monoisotopic (exact) mass is 305 g/mol. The Bertz CT molecular complexity index is 466. The summed E-state index contributed by atoms with van der Waals surface area (Å²) in [6.45, 7) is 4.84. The number of nitrogens with one attached hydrogen (secondary N) is 1. The molecule has 1 aromatic carbocycles. The predicted octanol–water partition coefficient (Wildman–Crippen LogP) is 1.67. The molecular weight excluding hydrogens is 278 g/mol. The van der Waals surface area contributed by atoms with Crippen LogP contribution in [-0.4, -0.2) is 59.8 Å². The second kappa shape index (κ2) is 8.15. The van der Waals surface area contributed by atoms with Crippen molar-refractivity contribution in [3.05, 3.63) is 35.9 Å². The number of carbonyl (C=O) groups is 1. The number of amides is 2. The molecule has 5 nitrogen and oxygen atoms in total. The number of carbonyl (C=O) groups excluding carboxylic acids is 1. The molecule has 1 aliphatic rings. The Balaban J connectivity index is 1.74. The molecule has 2 atom stereocenters. The Morgan fingerprint density at radius 3 is 2.86 bits per heavy atom. The van der Waals surface area contributed by atoms with Crippen LogP contribution in [0.25, 0.3) is 0 Å². The number of hydrogen-bond acceptors (Lipinski definition) is 3. The number of likely N-dealkylation sites (tertiary alicyclic amines) is 1. The summed E-state index contributed by atoms with van der Waals surface area (Å²) in [4.78, 5) is 16.1. The van der Waals surface area contributed by atoms with Crippen LogP contribution in [0.3, 0.4) is 0 Å². The molecule has 1 fully saturated rings. The zero-order valence-electron chi connectivity index (χ0n) is 13.5. The van der Waals surface area contributed by atoms with Gasteiger partial charge in [-0.25, -0.2) is 4.79 Å². The van der Waals surface area contributed by atoms with Crippen molar-refractivity contribution < 1.29 is 9.90 Å². The highest BCUT2D eigenvalue weighted by Gasteiger charge is 2.23. The summed E-state index contributed by atoms with van der Waals surface area (Å²) in [7, 11) is 2.06. The first-order valence-corrected chi connectivity index (χ1v) is 8.00. The summed E-state index contributed by atoms with van der Waals surface area (Å²) in [6, 6.07) is 10.3. The number of aliphatic hydroxyl groups excluding tert-OH is 1. The minimum atomic E-state index is -0.379. The van der Waals surface area contributed by atoms with Gasteiger partial charge in [-0.2, -0.15) is 0 Å². The van der Waals surface area contributed by atoms with E-state index >= 15 is 0 Å². The van der Waals surface area contributed by atoms with Crippen molar-refractivity contribution >= 4 is 6.03 Å². The summed E-state index contributed by atoms with van der Waals surface area (Å²) in [5.74, 6) is 0. The molecule has 2 amide bonds. The highest BCUT2D eigenvalue weighted by atomic mass is 16.3. The van der Waals surface area contributed by atoms with Gasteiger partial charge in [0.1, 0.15) is 0 Å². The van der Waals surface area contributed by atoms with Gasteiger partial charge in [0.2, 0.25) is 0 Å². The van der Waals surface area contributed by atoms with E-state index in [0.29, 0.717) is 6.54 Å². The molecule has 1 heterocycles. The molecule has 1 aromatic rings. The average molecular weight is 305 g/mol. The molecule has 0 aliphatic carbocycles. The Hall–Kier alpha value is -1.59. The molecular formula is C17H27N3O2. The Morgan fingerprint density at radius 1 is 1.45 bits per heavy atom. The number of aliphatic hydroxyl groups is 1. The molecule has 1 saturated heterocycles. The first-order valence-electron chi connectivity index (χ1n) is 8.00. The Morgan fingerprint density at radius 2 is 2.18 bits per heavy atom. The highest BCUT2D eigenvalue weighted by molar-refractivity contribution is 5.74. The van der Waals surface area contributed by atoms with E-state index in [1.54, 1.807) is 4.90 Å². The van der Waals surface area contributed by atoms with Crippen molar-refractivity contribution in [3.63, 3.8) is 0 Å². The Labute approximate surface area is 132 Å². The fourth-order valence-corrected chi connectivity index (χ4v) is 2.91. The van der Waals surface area contributed by atoms with Gasteiger partial charge < -0.3 is 20.2 Å². The molecule has 0 radical (unpaired) electrons. The van der Waals surface area contributed by atoms with Gasteiger partial charge in [0.25, 0.3) is 0 Å². The van der Waals surface area contributed by atoms with Gasteiger partial charge >= 0.3 is 6.03 Å². The fourth-order valence-electron chi connectivity index (χ4n) is 2.91. The first-order chi connectivity index (χ1) is 10.5. The maximum absolute atomic E-state index is 12.2. The van der Waals surface area contributed by atoms with Crippen LogP contribution < -0.4 is 5.32 Å². The fraction of sp³-hybridized carbons (Fsp3) is 0.588. The smallest absolute Gasteiger partial charge is 0.317 e. The maximum Gasteiger partial charge on any atom is 0.317 e. The lowest BCUT2D eigenvalue weighted by Crippen LogP contribution is -2.51. The minimum Gasteiger partial charge on any atom is -0.391 e. The molecule has 2 N–H and O–H groups in total. The number of nitrogens with zero attached hydrogens (tertiary/aromatic N) is 2. The lowest BCUT2D eigenvalue weighted by Gasteiger charge is -2.32. The average Bonchev–Trinajstić information content (AvgIpc) is 2.47. The topological polar surface area (TPSA) is 55.8 Å². The summed E-state index contributed by atoms with van der Waals surface area (Å²) < 4.78 is 0. The number of urea groups is 1. The molecule has 5 heteroatoms. The van der Waals surface area contributed by atoms with Crippen LogP contribution >= 0.6 is 0 Å². The summed E-state index contributed by atoms with van der Waals surface area (Å²) >= 11 is 0. The van der Waals surface area contributed by atoms with Gasteiger partial charge in [-0.15, -0.1) is 0 Å². The molecule has 122 valence electrons.